The van der Waals surface area contributed by atoms with Gasteiger partial charge in [0.05, 0.1) is 0 Å². The molecule has 0 amide bonds. The van der Waals surface area contributed by atoms with Crippen molar-refractivity contribution in [3.05, 3.63) is 72.3 Å². The Kier molecular flexibility index (Phi) is 5.25. The van der Waals surface area contributed by atoms with Crippen LogP contribution in [0.15, 0.2) is 66.7 Å². The topological polar surface area (TPSA) is 61.3 Å². The van der Waals surface area contributed by atoms with Gasteiger partial charge < -0.3 is 16.2 Å². The Morgan fingerprint density at radius 3 is 1.79 bits per heavy atom. The van der Waals surface area contributed by atoms with Gasteiger partial charge in [0, 0.05) is 23.5 Å². The number of ether oxygens (including phenoxy) is 1. The van der Waals surface area contributed by atoms with Gasteiger partial charge in [-0.2, -0.15) is 0 Å². The van der Waals surface area contributed by atoms with Crippen LogP contribution in [-0.2, 0) is 0 Å². The molecular formula is C25H28N2O. The molecule has 1 fully saturated rings. The zero-order chi connectivity index (χ0) is 19.5. The fourth-order valence-corrected chi connectivity index (χ4v) is 4.10. The molecule has 28 heavy (non-hydrogen) atoms. The molecule has 0 bridgehead atoms. The molecule has 0 aromatic heterocycles. The maximum atomic E-state index is 5.88. The quantitative estimate of drug-likeness (QED) is 0.507. The third-order valence-corrected chi connectivity index (χ3v) is 5.77. The zero-order valence-corrected chi connectivity index (χ0v) is 16.4. The molecule has 0 aliphatic heterocycles. The second-order valence-corrected chi connectivity index (χ2v) is 8.04. The van der Waals surface area contributed by atoms with Gasteiger partial charge in [-0.05, 0) is 59.6 Å². The molecule has 0 saturated heterocycles. The average molecular weight is 373 g/mol. The molecule has 4 N–H and O–H groups in total. The highest BCUT2D eigenvalue weighted by atomic mass is 16.5. The van der Waals surface area contributed by atoms with E-state index in [0.29, 0.717) is 17.1 Å². The van der Waals surface area contributed by atoms with E-state index in [0.717, 1.165) is 17.6 Å². The molecule has 0 unspecified atom stereocenters. The predicted molar refractivity (Wildman–Crippen MR) is 118 cm³/mol. The van der Waals surface area contributed by atoms with Crippen molar-refractivity contribution in [3.8, 4) is 22.6 Å². The van der Waals surface area contributed by atoms with Crippen LogP contribution in [0.2, 0.25) is 0 Å². The maximum Gasteiger partial charge on any atom is 0.131 e. The van der Waals surface area contributed by atoms with E-state index in [1.165, 1.54) is 42.4 Å². The first-order valence-corrected chi connectivity index (χ1v) is 10.1. The standard InChI is InChI=1S/C25H28N2O/c1-17-2-4-18(5-3-17)19-6-8-20(9-7-19)21-10-12-24(13-11-21)28-25-15-22(26)14-23(27)16-25/h6-18H,2-5,26-27H2,1H3. The summed E-state index contributed by atoms with van der Waals surface area (Å²) in [6.07, 6.45) is 5.35. The monoisotopic (exact) mass is 372 g/mol. The third-order valence-electron chi connectivity index (χ3n) is 5.77. The van der Waals surface area contributed by atoms with Crippen molar-refractivity contribution >= 4 is 11.4 Å². The molecule has 3 aromatic rings. The molecule has 1 aliphatic carbocycles. The predicted octanol–water partition coefficient (Wildman–Crippen LogP) is 6.60. The van der Waals surface area contributed by atoms with Crippen molar-refractivity contribution in [1.29, 1.82) is 0 Å². The Bertz CT molecular complexity index is 904. The van der Waals surface area contributed by atoms with E-state index in [9.17, 15) is 0 Å². The van der Waals surface area contributed by atoms with Crippen LogP contribution in [-0.4, -0.2) is 0 Å². The van der Waals surface area contributed by atoms with Gasteiger partial charge in [0.25, 0.3) is 0 Å². The molecule has 4 rings (SSSR count). The minimum Gasteiger partial charge on any atom is -0.457 e. The largest absolute Gasteiger partial charge is 0.457 e. The molecular weight excluding hydrogens is 344 g/mol. The number of benzene rings is 3. The van der Waals surface area contributed by atoms with Gasteiger partial charge in [-0.3, -0.25) is 0 Å². The van der Waals surface area contributed by atoms with Crippen LogP contribution < -0.4 is 16.2 Å². The fourth-order valence-electron chi connectivity index (χ4n) is 4.10. The first kappa shape index (κ1) is 18.4. The average Bonchev–Trinajstić information content (AvgIpc) is 2.69. The Morgan fingerprint density at radius 1 is 0.679 bits per heavy atom. The zero-order valence-electron chi connectivity index (χ0n) is 16.4. The highest BCUT2D eigenvalue weighted by Gasteiger charge is 2.19. The van der Waals surface area contributed by atoms with Gasteiger partial charge in [-0.1, -0.05) is 56.2 Å². The summed E-state index contributed by atoms with van der Waals surface area (Å²) in [6, 6.07) is 22.5. The van der Waals surface area contributed by atoms with Crippen molar-refractivity contribution in [2.45, 2.75) is 38.5 Å². The minimum atomic E-state index is 0.596. The van der Waals surface area contributed by atoms with E-state index in [-0.39, 0.29) is 0 Å². The summed E-state index contributed by atoms with van der Waals surface area (Å²) in [5.41, 5.74) is 16.7. The van der Waals surface area contributed by atoms with E-state index in [1.54, 1.807) is 18.2 Å². The lowest BCUT2D eigenvalue weighted by molar-refractivity contribution is 0.348. The summed E-state index contributed by atoms with van der Waals surface area (Å²) >= 11 is 0. The van der Waals surface area contributed by atoms with Crippen molar-refractivity contribution in [2.24, 2.45) is 5.92 Å². The van der Waals surface area contributed by atoms with Crippen molar-refractivity contribution in [1.82, 2.24) is 0 Å². The molecule has 0 radical (unpaired) electrons. The number of hydrogen-bond donors (Lipinski definition) is 2. The smallest absolute Gasteiger partial charge is 0.131 e. The Hall–Kier alpha value is -2.94. The van der Waals surface area contributed by atoms with Gasteiger partial charge in [-0.25, -0.2) is 0 Å². The maximum absolute atomic E-state index is 5.88. The lowest BCUT2D eigenvalue weighted by Crippen LogP contribution is -2.10. The summed E-state index contributed by atoms with van der Waals surface area (Å²) in [7, 11) is 0. The molecule has 144 valence electrons. The summed E-state index contributed by atoms with van der Waals surface area (Å²) in [5.74, 6) is 3.03. The van der Waals surface area contributed by atoms with E-state index >= 15 is 0 Å². The lowest BCUT2D eigenvalue weighted by atomic mass is 9.79. The molecule has 3 nitrogen and oxygen atoms in total. The Labute approximate surface area is 167 Å². The molecule has 1 aliphatic rings. The Morgan fingerprint density at radius 2 is 1.21 bits per heavy atom. The van der Waals surface area contributed by atoms with Crippen LogP contribution in [0.3, 0.4) is 0 Å². The number of hydrogen-bond acceptors (Lipinski definition) is 3. The lowest BCUT2D eigenvalue weighted by Gasteiger charge is -2.26. The molecule has 3 heteroatoms. The second kappa shape index (κ2) is 7.97. The van der Waals surface area contributed by atoms with E-state index in [4.69, 9.17) is 16.2 Å². The number of nitrogens with two attached hydrogens (primary N) is 2. The van der Waals surface area contributed by atoms with Gasteiger partial charge in [0.1, 0.15) is 11.5 Å². The van der Waals surface area contributed by atoms with Gasteiger partial charge in [0.15, 0.2) is 0 Å². The SMILES string of the molecule is CC1CCC(c2ccc(-c3ccc(Oc4cc(N)cc(N)c4)cc3)cc2)CC1. The van der Waals surface area contributed by atoms with Crippen LogP contribution in [0.1, 0.15) is 44.1 Å². The normalized spacial score (nSPS) is 19.3. The molecule has 0 atom stereocenters. The van der Waals surface area contributed by atoms with Crippen LogP contribution in [0, 0.1) is 5.92 Å². The van der Waals surface area contributed by atoms with Crippen LogP contribution in [0.25, 0.3) is 11.1 Å². The molecule has 0 heterocycles. The van der Waals surface area contributed by atoms with Gasteiger partial charge in [-0.15, -0.1) is 0 Å². The summed E-state index contributed by atoms with van der Waals surface area (Å²) in [5, 5.41) is 0. The Balaban J connectivity index is 1.45. The number of rotatable bonds is 4. The highest BCUT2D eigenvalue weighted by Crippen LogP contribution is 2.36. The summed E-state index contributed by atoms with van der Waals surface area (Å²) < 4.78 is 5.88. The molecule has 0 spiro atoms. The first-order valence-electron chi connectivity index (χ1n) is 10.1. The number of anilines is 2. The first-order chi connectivity index (χ1) is 13.6. The second-order valence-electron chi connectivity index (χ2n) is 8.04. The van der Waals surface area contributed by atoms with E-state index in [2.05, 4.69) is 43.3 Å². The van der Waals surface area contributed by atoms with Crippen LogP contribution in [0.4, 0.5) is 11.4 Å². The van der Waals surface area contributed by atoms with Crippen molar-refractivity contribution in [2.75, 3.05) is 11.5 Å². The van der Waals surface area contributed by atoms with Crippen molar-refractivity contribution < 1.29 is 4.74 Å². The molecule has 3 aromatic carbocycles. The van der Waals surface area contributed by atoms with E-state index in [1.807, 2.05) is 12.1 Å². The van der Waals surface area contributed by atoms with E-state index < -0.39 is 0 Å². The van der Waals surface area contributed by atoms with Crippen LogP contribution in [0.5, 0.6) is 11.5 Å². The summed E-state index contributed by atoms with van der Waals surface area (Å²) in [4.78, 5) is 0. The van der Waals surface area contributed by atoms with Crippen LogP contribution >= 0.6 is 0 Å². The van der Waals surface area contributed by atoms with Crippen molar-refractivity contribution in [3.63, 3.8) is 0 Å². The van der Waals surface area contributed by atoms with Gasteiger partial charge in [0.2, 0.25) is 0 Å². The molecule has 1 saturated carbocycles. The highest BCUT2D eigenvalue weighted by molar-refractivity contribution is 5.65. The van der Waals surface area contributed by atoms with Gasteiger partial charge >= 0.3 is 0 Å². The fraction of sp³-hybridized carbons (Fsp3) is 0.280. The third kappa shape index (κ3) is 4.30. The number of nitrogen functional groups attached to an aromatic ring is 2. The summed E-state index contributed by atoms with van der Waals surface area (Å²) in [6.45, 7) is 2.37. The minimum absolute atomic E-state index is 0.596.